The van der Waals surface area contributed by atoms with Crippen LogP contribution in [0.1, 0.15) is 12.8 Å². The maximum Gasteiger partial charge on any atom is 0.279 e. The van der Waals surface area contributed by atoms with Crippen LogP contribution in [0.2, 0.25) is 0 Å². The fraction of sp³-hybridized carbons (Fsp3) is 0.233. The van der Waals surface area contributed by atoms with E-state index in [-0.39, 0.29) is 17.6 Å². The number of likely N-dealkylation sites (tertiary alicyclic amines) is 1. The summed E-state index contributed by atoms with van der Waals surface area (Å²) < 4.78 is 28.4. The van der Waals surface area contributed by atoms with Gasteiger partial charge in [0, 0.05) is 55.3 Å². The molecule has 3 aromatic heterocycles. The van der Waals surface area contributed by atoms with Crippen LogP contribution in [-0.2, 0) is 11.8 Å². The third kappa shape index (κ3) is 5.97. The molecule has 13 heteroatoms. The summed E-state index contributed by atoms with van der Waals surface area (Å²) in [4.78, 5) is 27.0. The van der Waals surface area contributed by atoms with Crippen molar-refractivity contribution in [3.8, 4) is 28.1 Å². The molecule has 11 nitrogen and oxygen atoms in total. The number of piperidine rings is 1. The maximum atomic E-state index is 15.3. The van der Waals surface area contributed by atoms with Crippen molar-refractivity contribution in [2.75, 3.05) is 30.8 Å². The van der Waals surface area contributed by atoms with Crippen LogP contribution in [0.15, 0.2) is 67.0 Å². The minimum Gasteiger partial charge on any atom is -0.495 e. The minimum absolute atomic E-state index is 0.0560. The molecule has 6 rings (SSSR count). The van der Waals surface area contributed by atoms with Crippen molar-refractivity contribution in [2.24, 2.45) is 7.05 Å². The number of hydrogen-bond donors (Lipinski definition) is 2. The Balaban J connectivity index is 1.19. The molecule has 2 aromatic carbocycles. The molecule has 2 N–H and O–H groups in total. The number of hydrogen-bond acceptors (Lipinski definition) is 10. The molecule has 0 saturated carbocycles. The van der Waals surface area contributed by atoms with Gasteiger partial charge in [0.05, 0.1) is 29.7 Å². The first-order chi connectivity index (χ1) is 20.9. The number of benzene rings is 2. The predicted octanol–water partition coefficient (Wildman–Crippen LogP) is 5.76. The first kappa shape index (κ1) is 28.1. The largest absolute Gasteiger partial charge is 0.495 e. The van der Waals surface area contributed by atoms with Gasteiger partial charge in [-0.3, -0.25) is 9.48 Å². The van der Waals surface area contributed by atoms with Crippen LogP contribution in [0.4, 0.5) is 21.6 Å². The Morgan fingerprint density at radius 1 is 1.16 bits per heavy atom. The molecule has 5 aromatic rings. The van der Waals surface area contributed by atoms with E-state index in [0.29, 0.717) is 46.5 Å². The highest BCUT2D eigenvalue weighted by Gasteiger charge is 2.23. The van der Waals surface area contributed by atoms with E-state index in [0.717, 1.165) is 29.9 Å². The van der Waals surface area contributed by atoms with Gasteiger partial charge >= 0.3 is 0 Å². The number of anilines is 3. The number of carbonyl (C=O) groups excluding carboxylic acids is 1. The summed E-state index contributed by atoms with van der Waals surface area (Å²) in [6.45, 7) is 4.86. The molecule has 220 valence electrons. The molecule has 0 bridgehead atoms. The number of methoxy groups -OCH3 is 1. The van der Waals surface area contributed by atoms with Crippen molar-refractivity contribution >= 4 is 45.3 Å². The lowest BCUT2D eigenvalue weighted by Gasteiger charge is -2.32. The van der Waals surface area contributed by atoms with Crippen LogP contribution in [0.5, 0.6) is 16.7 Å². The Morgan fingerprint density at radius 3 is 2.72 bits per heavy atom. The third-order valence-electron chi connectivity index (χ3n) is 7.26. The molecule has 1 aliphatic heterocycles. The quantitative estimate of drug-likeness (QED) is 0.204. The van der Waals surface area contributed by atoms with Gasteiger partial charge in [-0.2, -0.15) is 5.10 Å². The zero-order valence-electron chi connectivity index (χ0n) is 23.6. The number of fused-ring (bicyclic) bond motifs is 1. The van der Waals surface area contributed by atoms with Gasteiger partial charge in [0.25, 0.3) is 5.19 Å². The minimum atomic E-state index is -0.514. The number of rotatable bonds is 9. The van der Waals surface area contributed by atoms with Gasteiger partial charge < -0.3 is 25.0 Å². The second-order valence-electron chi connectivity index (χ2n) is 9.95. The van der Waals surface area contributed by atoms with E-state index >= 15 is 4.39 Å². The molecular weight excluding hydrogens is 571 g/mol. The van der Waals surface area contributed by atoms with Gasteiger partial charge in [-0.25, -0.2) is 19.3 Å². The molecule has 1 amide bonds. The Labute approximate surface area is 251 Å². The molecule has 0 aliphatic carbocycles. The number of ether oxygens (including phenoxy) is 2. The molecule has 0 spiro atoms. The molecule has 1 saturated heterocycles. The summed E-state index contributed by atoms with van der Waals surface area (Å²) >= 11 is 1.32. The molecule has 0 atom stereocenters. The monoisotopic (exact) mass is 600 g/mol. The molecule has 1 aliphatic rings. The summed E-state index contributed by atoms with van der Waals surface area (Å²) in [6, 6.07) is 10.3. The number of nitrogens with one attached hydrogen (secondary N) is 2. The first-order valence-electron chi connectivity index (χ1n) is 13.6. The lowest BCUT2D eigenvalue weighted by Crippen LogP contribution is -2.41. The van der Waals surface area contributed by atoms with E-state index in [1.807, 2.05) is 30.6 Å². The molecule has 4 heterocycles. The second kappa shape index (κ2) is 12.1. The first-order valence-corrected chi connectivity index (χ1v) is 14.5. The van der Waals surface area contributed by atoms with Gasteiger partial charge in [0.15, 0.2) is 0 Å². The normalized spacial score (nSPS) is 13.6. The number of carbonyl (C=O) groups is 1. The fourth-order valence-corrected chi connectivity index (χ4v) is 5.68. The van der Waals surface area contributed by atoms with Crippen LogP contribution in [-0.4, -0.2) is 61.8 Å². The van der Waals surface area contributed by atoms with Gasteiger partial charge in [-0.05, 0) is 43.2 Å². The highest BCUT2D eigenvalue weighted by molar-refractivity contribution is 7.11. The van der Waals surface area contributed by atoms with Crippen molar-refractivity contribution in [1.29, 1.82) is 0 Å². The average molecular weight is 601 g/mol. The summed E-state index contributed by atoms with van der Waals surface area (Å²) in [5.41, 5.74) is 3.22. The average Bonchev–Trinajstić information content (AvgIpc) is 3.66. The zero-order valence-corrected chi connectivity index (χ0v) is 24.4. The predicted molar refractivity (Wildman–Crippen MR) is 164 cm³/mol. The van der Waals surface area contributed by atoms with Crippen molar-refractivity contribution in [2.45, 2.75) is 18.9 Å². The van der Waals surface area contributed by atoms with E-state index in [4.69, 9.17) is 9.47 Å². The van der Waals surface area contributed by atoms with Gasteiger partial charge in [0.1, 0.15) is 35.2 Å². The van der Waals surface area contributed by atoms with Crippen molar-refractivity contribution < 1.29 is 18.7 Å². The summed E-state index contributed by atoms with van der Waals surface area (Å²) in [5, 5.41) is 13.8. The van der Waals surface area contributed by atoms with Crippen LogP contribution >= 0.6 is 11.3 Å². The van der Waals surface area contributed by atoms with Crippen molar-refractivity contribution in [3.63, 3.8) is 0 Å². The number of aryl methyl sites for hydroxylation is 1. The lowest BCUT2D eigenvalue weighted by molar-refractivity contribution is -0.126. The topological polar surface area (TPSA) is 119 Å². The lowest BCUT2D eigenvalue weighted by atomic mass is 10.0. The highest BCUT2D eigenvalue weighted by Crippen LogP contribution is 2.36. The number of aromatic nitrogens is 5. The number of thiazole rings is 1. The van der Waals surface area contributed by atoms with E-state index in [1.54, 1.807) is 35.0 Å². The van der Waals surface area contributed by atoms with E-state index in [9.17, 15) is 4.79 Å². The molecule has 0 unspecified atom stereocenters. The summed E-state index contributed by atoms with van der Waals surface area (Å²) in [5.74, 6) is 0.817. The van der Waals surface area contributed by atoms with Crippen LogP contribution in [0, 0.1) is 5.82 Å². The van der Waals surface area contributed by atoms with Crippen LogP contribution < -0.4 is 20.1 Å². The second-order valence-corrected chi connectivity index (χ2v) is 10.8. The molecular formula is C30H29FN8O3S. The third-order valence-corrected chi connectivity index (χ3v) is 7.98. The standard InChI is InChI=1S/C30H29FN8O3S/c1-4-28(40)39-11-8-18(9-12-39)35-24-14-20-23(15-27(24)41-3)32-17-33-29(20)36-22-6-5-19(13-21(22)31)42-30-37-25(16-43-30)26-7-10-34-38(26)2/h4-7,10,13-18,35H,1,8-9,11-12H2,2-3H3,(H,32,33,36). The Hall–Kier alpha value is -5.04. The van der Waals surface area contributed by atoms with Gasteiger partial charge in [-0.15, -0.1) is 0 Å². The summed E-state index contributed by atoms with van der Waals surface area (Å²) in [7, 11) is 3.44. The van der Waals surface area contributed by atoms with Crippen molar-refractivity contribution in [1.82, 2.24) is 29.6 Å². The van der Waals surface area contributed by atoms with E-state index in [1.165, 1.54) is 29.8 Å². The van der Waals surface area contributed by atoms with E-state index in [2.05, 4.69) is 37.3 Å². The van der Waals surface area contributed by atoms with Crippen molar-refractivity contribution in [3.05, 3.63) is 72.8 Å². The Bertz CT molecular complexity index is 1800. The number of amides is 1. The Kier molecular flexibility index (Phi) is 7.88. The van der Waals surface area contributed by atoms with Crippen LogP contribution in [0.25, 0.3) is 22.3 Å². The van der Waals surface area contributed by atoms with Crippen LogP contribution in [0.3, 0.4) is 0 Å². The number of halogens is 1. The smallest absolute Gasteiger partial charge is 0.279 e. The SMILES string of the molecule is C=CC(=O)N1CCC(Nc2cc3c(Nc4ccc(Oc5nc(-c6ccnn6C)cs5)cc4F)ncnc3cc2OC)CC1. The maximum absolute atomic E-state index is 15.3. The van der Waals surface area contributed by atoms with E-state index < -0.39 is 5.82 Å². The summed E-state index contributed by atoms with van der Waals surface area (Å²) in [6.07, 6.45) is 6.02. The fourth-order valence-electron chi connectivity index (χ4n) is 4.99. The highest BCUT2D eigenvalue weighted by atomic mass is 32.1. The zero-order chi connectivity index (χ0) is 29.9. The van der Waals surface area contributed by atoms with Gasteiger partial charge in [0.2, 0.25) is 5.91 Å². The molecule has 43 heavy (non-hydrogen) atoms. The number of nitrogens with zero attached hydrogens (tertiary/aromatic N) is 6. The van der Waals surface area contributed by atoms with Gasteiger partial charge in [-0.1, -0.05) is 17.9 Å². The Morgan fingerprint density at radius 2 is 2.00 bits per heavy atom. The molecule has 1 fully saturated rings. The molecule has 0 radical (unpaired) electrons.